The zero-order valence-electron chi connectivity index (χ0n) is 7.96. The molecule has 0 spiro atoms. The van der Waals surface area contributed by atoms with Crippen LogP contribution in [0.4, 0.5) is 4.79 Å². The smallest absolute Gasteiger partial charge is 0.409 e. The Labute approximate surface area is 99.8 Å². The van der Waals surface area contributed by atoms with Crippen molar-refractivity contribution in [3.05, 3.63) is 42.5 Å². The Hall–Kier alpha value is -1.07. The van der Waals surface area contributed by atoms with Gasteiger partial charge in [0.1, 0.15) is 5.75 Å². The summed E-state index contributed by atoms with van der Waals surface area (Å²) in [6.07, 6.45) is 1.96. The molecule has 0 N–H and O–H groups in total. The zero-order valence-corrected chi connectivity index (χ0v) is 9.75. The Kier molecular flexibility index (Phi) is 4.58. The lowest BCUT2D eigenvalue weighted by molar-refractivity contribution is 0.197. The number of rotatable bonds is 3. The van der Waals surface area contributed by atoms with Crippen LogP contribution in [0.1, 0.15) is 5.56 Å². The summed E-state index contributed by atoms with van der Waals surface area (Å²) >= 11 is 7.37. The summed E-state index contributed by atoms with van der Waals surface area (Å²) in [5.41, 5.74) is 1.11. The normalized spacial score (nSPS) is 9.47. The third-order valence-corrected chi connectivity index (χ3v) is 2.00. The largest absolute Gasteiger partial charge is 0.435 e. The van der Waals surface area contributed by atoms with Crippen LogP contribution in [0, 0.1) is 0 Å². The van der Waals surface area contributed by atoms with E-state index in [9.17, 15) is 4.79 Å². The van der Waals surface area contributed by atoms with Crippen LogP contribution < -0.4 is 4.74 Å². The Balaban J connectivity index is 2.64. The molecular weight excluding hydrogens is 230 g/mol. The number of thiol groups is 2. The summed E-state index contributed by atoms with van der Waals surface area (Å²) in [5, 5.41) is 0. The highest BCUT2D eigenvalue weighted by Gasteiger charge is 2.07. The van der Waals surface area contributed by atoms with Gasteiger partial charge in [0, 0.05) is 0 Å². The second kappa shape index (κ2) is 5.72. The van der Waals surface area contributed by atoms with Crippen LogP contribution >= 0.6 is 25.6 Å². The van der Waals surface area contributed by atoms with Gasteiger partial charge in [-0.15, -0.1) is 6.58 Å². The summed E-state index contributed by atoms with van der Waals surface area (Å²) < 4.78 is 5.69. The number of carbonyl (C=O) groups excluding carboxylic acids is 1. The number of hydrogen-bond acceptors (Lipinski definition) is 4. The second-order valence-corrected chi connectivity index (χ2v) is 3.91. The first-order chi connectivity index (χ1) is 7.13. The Bertz CT molecular complexity index is 349. The molecule has 0 unspecified atom stereocenters. The summed E-state index contributed by atoms with van der Waals surface area (Å²) in [5.74, 6) is 0.459. The molecule has 0 aliphatic rings. The van der Waals surface area contributed by atoms with Gasteiger partial charge in [-0.2, -0.15) is 3.71 Å². The highest BCUT2D eigenvalue weighted by molar-refractivity contribution is 7.94. The van der Waals surface area contributed by atoms with Crippen molar-refractivity contribution in [1.29, 1.82) is 0 Å². The van der Waals surface area contributed by atoms with Gasteiger partial charge in [-0.25, -0.2) is 4.79 Å². The lowest BCUT2D eigenvalue weighted by atomic mass is 10.1. The van der Waals surface area contributed by atoms with Crippen molar-refractivity contribution in [3.63, 3.8) is 0 Å². The lowest BCUT2D eigenvalue weighted by Crippen LogP contribution is -2.16. The van der Waals surface area contributed by atoms with Gasteiger partial charge in [0.2, 0.25) is 0 Å². The molecule has 1 amide bonds. The molecule has 0 fully saturated rings. The highest BCUT2D eigenvalue weighted by Crippen LogP contribution is 2.14. The van der Waals surface area contributed by atoms with Gasteiger partial charge in [0.05, 0.1) is 0 Å². The fourth-order valence-electron chi connectivity index (χ4n) is 1.00. The van der Waals surface area contributed by atoms with Crippen molar-refractivity contribution in [2.75, 3.05) is 0 Å². The number of amides is 1. The zero-order chi connectivity index (χ0) is 11.3. The van der Waals surface area contributed by atoms with E-state index in [0.717, 1.165) is 15.7 Å². The highest BCUT2D eigenvalue weighted by atomic mass is 32.2. The predicted octanol–water partition coefficient (Wildman–Crippen LogP) is 2.91. The third-order valence-electron chi connectivity index (χ3n) is 1.67. The fraction of sp³-hybridized carbons (Fsp3) is 0.100. The van der Waals surface area contributed by atoms with Crippen LogP contribution in [-0.2, 0) is 6.42 Å². The Morgan fingerprint density at radius 2 is 2.00 bits per heavy atom. The van der Waals surface area contributed by atoms with E-state index < -0.39 is 6.09 Å². The van der Waals surface area contributed by atoms with Crippen molar-refractivity contribution in [2.45, 2.75) is 6.42 Å². The lowest BCUT2D eigenvalue weighted by Gasteiger charge is -2.08. The van der Waals surface area contributed by atoms with Gasteiger partial charge in [-0.1, -0.05) is 18.2 Å². The molecule has 0 aromatic heterocycles. The summed E-state index contributed by atoms with van der Waals surface area (Å²) in [6.45, 7) is 3.64. The van der Waals surface area contributed by atoms with Gasteiger partial charge in [-0.05, 0) is 49.7 Å². The first kappa shape index (κ1) is 12.0. The predicted molar refractivity (Wildman–Crippen MR) is 66.2 cm³/mol. The molecule has 1 aromatic carbocycles. The monoisotopic (exact) mass is 241 g/mol. The summed E-state index contributed by atoms with van der Waals surface area (Å²) in [7, 11) is 0. The van der Waals surface area contributed by atoms with Crippen molar-refractivity contribution >= 4 is 31.7 Å². The van der Waals surface area contributed by atoms with E-state index in [1.165, 1.54) is 0 Å². The van der Waals surface area contributed by atoms with Gasteiger partial charge >= 0.3 is 6.09 Å². The van der Waals surface area contributed by atoms with E-state index in [-0.39, 0.29) is 0 Å². The molecule has 0 radical (unpaired) electrons. The van der Waals surface area contributed by atoms with Crippen molar-refractivity contribution < 1.29 is 9.53 Å². The van der Waals surface area contributed by atoms with Gasteiger partial charge in [0.25, 0.3) is 0 Å². The molecule has 0 aliphatic heterocycles. The number of benzene rings is 1. The van der Waals surface area contributed by atoms with Crippen LogP contribution in [0.3, 0.4) is 0 Å². The topological polar surface area (TPSA) is 29.5 Å². The second-order valence-electron chi connectivity index (χ2n) is 2.79. The van der Waals surface area contributed by atoms with Gasteiger partial charge in [0.15, 0.2) is 0 Å². The van der Waals surface area contributed by atoms with E-state index in [1.54, 1.807) is 12.1 Å². The minimum Gasteiger partial charge on any atom is -0.409 e. The minimum absolute atomic E-state index is 0.459. The Morgan fingerprint density at radius 1 is 1.40 bits per heavy atom. The van der Waals surface area contributed by atoms with E-state index in [2.05, 4.69) is 32.2 Å². The maximum atomic E-state index is 11.1. The van der Waals surface area contributed by atoms with Crippen LogP contribution in [0.15, 0.2) is 36.9 Å². The van der Waals surface area contributed by atoms with Crippen LogP contribution in [0.2, 0.25) is 0 Å². The number of allylic oxidation sites excluding steroid dienone is 1. The molecule has 15 heavy (non-hydrogen) atoms. The molecule has 0 saturated carbocycles. The van der Waals surface area contributed by atoms with Gasteiger partial charge in [-0.3, -0.25) is 0 Å². The van der Waals surface area contributed by atoms with Crippen molar-refractivity contribution in [1.82, 2.24) is 3.71 Å². The fourth-order valence-corrected chi connectivity index (χ4v) is 1.08. The maximum Gasteiger partial charge on any atom is 0.435 e. The molecule has 0 heterocycles. The molecule has 80 valence electrons. The van der Waals surface area contributed by atoms with Crippen molar-refractivity contribution in [2.24, 2.45) is 0 Å². The SMILES string of the molecule is C=CCc1ccc(OC(=O)N(S)S)cc1. The molecule has 1 rings (SSSR count). The molecule has 5 heteroatoms. The Morgan fingerprint density at radius 3 is 2.47 bits per heavy atom. The maximum absolute atomic E-state index is 11.1. The molecule has 3 nitrogen and oxygen atoms in total. The first-order valence-corrected chi connectivity index (χ1v) is 5.03. The van der Waals surface area contributed by atoms with Crippen LogP contribution in [0.5, 0.6) is 5.75 Å². The first-order valence-electron chi connectivity index (χ1n) is 4.23. The van der Waals surface area contributed by atoms with Crippen LogP contribution in [0.25, 0.3) is 0 Å². The van der Waals surface area contributed by atoms with E-state index in [4.69, 9.17) is 4.74 Å². The van der Waals surface area contributed by atoms with Crippen LogP contribution in [-0.4, -0.2) is 9.80 Å². The molecule has 0 aliphatic carbocycles. The minimum atomic E-state index is -0.641. The van der Waals surface area contributed by atoms with E-state index in [0.29, 0.717) is 5.75 Å². The molecule has 0 saturated heterocycles. The number of hydrogen-bond donors (Lipinski definition) is 2. The molecular formula is C10H11NO2S2. The standard InChI is InChI=1S/C10H11NO2S2/c1-2-3-8-4-6-9(7-5-8)13-10(12)11(14)15/h2,4-7,14-15H,1,3H2. The quantitative estimate of drug-likeness (QED) is 0.629. The molecule has 0 atom stereocenters. The van der Waals surface area contributed by atoms with E-state index >= 15 is 0 Å². The average Bonchev–Trinajstić information content (AvgIpc) is 2.21. The third kappa shape index (κ3) is 3.89. The summed E-state index contributed by atoms with van der Waals surface area (Å²) in [4.78, 5) is 11.1. The summed E-state index contributed by atoms with van der Waals surface area (Å²) in [6, 6.07) is 7.15. The number of nitrogens with zero attached hydrogens (tertiary/aromatic N) is 1. The van der Waals surface area contributed by atoms with Gasteiger partial charge < -0.3 is 4.74 Å². The molecule has 0 bridgehead atoms. The van der Waals surface area contributed by atoms with Crippen molar-refractivity contribution in [3.8, 4) is 5.75 Å². The molecule has 1 aromatic rings. The average molecular weight is 241 g/mol. The number of carbonyl (C=O) groups is 1. The number of ether oxygens (including phenoxy) is 1. The van der Waals surface area contributed by atoms with E-state index in [1.807, 2.05) is 18.2 Å².